The molecule has 7 nitrogen and oxygen atoms in total. The molecule has 0 spiro atoms. The highest BCUT2D eigenvalue weighted by Gasteiger charge is 2.10. The molecule has 3 aromatic rings. The molecule has 0 saturated heterocycles. The molecular weight excluding hydrogens is 472 g/mol. The van der Waals surface area contributed by atoms with E-state index >= 15 is 0 Å². The molecule has 34 heavy (non-hydrogen) atoms. The minimum absolute atomic E-state index is 0.207. The van der Waals surface area contributed by atoms with Crippen LogP contribution in [0.2, 0.25) is 5.02 Å². The first-order valence-corrected chi connectivity index (χ1v) is 12.5. The zero-order valence-corrected chi connectivity index (χ0v) is 21.8. The number of rotatable bonds is 10. The Morgan fingerprint density at radius 1 is 1.15 bits per heavy atom. The van der Waals surface area contributed by atoms with Crippen LogP contribution >= 0.6 is 22.9 Å². The molecule has 3 rings (SSSR count). The Kier molecular flexibility index (Phi) is 9.12. The van der Waals surface area contributed by atoms with Gasteiger partial charge < -0.3 is 14.8 Å². The van der Waals surface area contributed by atoms with Gasteiger partial charge >= 0.3 is 6.09 Å². The normalized spacial score (nSPS) is 10.9. The van der Waals surface area contributed by atoms with Gasteiger partial charge in [-0.2, -0.15) is 0 Å². The third-order valence-corrected chi connectivity index (χ3v) is 6.54. The van der Waals surface area contributed by atoms with Crippen molar-refractivity contribution in [2.75, 3.05) is 17.7 Å². The quantitative estimate of drug-likeness (QED) is 0.332. The molecule has 0 aliphatic heterocycles. The number of nitrogens with zero attached hydrogens (tertiary/aromatic N) is 2. The summed E-state index contributed by atoms with van der Waals surface area (Å²) < 4.78 is 10.6. The summed E-state index contributed by atoms with van der Waals surface area (Å²) in [5.41, 5.74) is 3.51. The number of nitrogens with one attached hydrogen (secondary N) is 2. The van der Waals surface area contributed by atoms with Gasteiger partial charge in [-0.1, -0.05) is 18.5 Å². The number of hydrogen-bond acceptors (Lipinski definition) is 7. The first-order valence-electron chi connectivity index (χ1n) is 11.3. The molecule has 2 heterocycles. The van der Waals surface area contributed by atoms with Gasteiger partial charge in [-0.05, 0) is 57.4 Å². The third-order valence-electron chi connectivity index (χ3n) is 4.96. The number of amides is 1. The lowest BCUT2D eigenvalue weighted by Gasteiger charge is -2.13. The van der Waals surface area contributed by atoms with E-state index in [2.05, 4.69) is 29.5 Å². The highest BCUT2D eigenvalue weighted by Crippen LogP contribution is 2.24. The fraction of sp³-hybridized carbons (Fsp3) is 0.400. The molecule has 2 N–H and O–H groups in total. The molecular formula is C25H31ClN4O3S. The number of halogens is 1. The van der Waals surface area contributed by atoms with Crippen molar-refractivity contribution in [3.05, 3.63) is 62.2 Å². The van der Waals surface area contributed by atoms with Gasteiger partial charge in [0.05, 0.1) is 23.9 Å². The van der Waals surface area contributed by atoms with E-state index in [0.717, 1.165) is 47.0 Å². The Balaban J connectivity index is 1.67. The maximum Gasteiger partial charge on any atom is 0.411 e. The van der Waals surface area contributed by atoms with Crippen molar-refractivity contribution in [2.45, 2.75) is 59.6 Å². The lowest BCUT2D eigenvalue weighted by Crippen LogP contribution is -2.18. The van der Waals surface area contributed by atoms with Gasteiger partial charge in [0.25, 0.3) is 0 Å². The van der Waals surface area contributed by atoms with Crippen LogP contribution in [0.4, 0.5) is 16.3 Å². The Bertz CT molecular complexity index is 1130. The molecule has 0 aliphatic rings. The number of benzene rings is 1. The van der Waals surface area contributed by atoms with Crippen molar-refractivity contribution >= 4 is 40.5 Å². The molecule has 1 aromatic carbocycles. The van der Waals surface area contributed by atoms with Crippen molar-refractivity contribution in [3.8, 4) is 5.75 Å². The lowest BCUT2D eigenvalue weighted by molar-refractivity contribution is 0.130. The number of anilines is 2. The van der Waals surface area contributed by atoms with Crippen molar-refractivity contribution in [1.29, 1.82) is 0 Å². The maximum atomic E-state index is 11.9. The molecule has 1 amide bonds. The smallest absolute Gasteiger partial charge is 0.411 e. The van der Waals surface area contributed by atoms with Crippen LogP contribution < -0.4 is 15.4 Å². The van der Waals surface area contributed by atoms with E-state index in [9.17, 15) is 4.79 Å². The average molecular weight is 503 g/mol. The summed E-state index contributed by atoms with van der Waals surface area (Å²) in [5, 5.41) is 7.68. The van der Waals surface area contributed by atoms with Crippen LogP contribution in [0.5, 0.6) is 5.75 Å². The summed E-state index contributed by atoms with van der Waals surface area (Å²) in [6, 6.07) is 9.17. The molecule has 9 heteroatoms. The van der Waals surface area contributed by atoms with Crippen LogP contribution in [0.1, 0.15) is 47.6 Å². The predicted molar refractivity (Wildman–Crippen MR) is 138 cm³/mol. The van der Waals surface area contributed by atoms with Crippen LogP contribution in [-0.2, 0) is 30.5 Å². The van der Waals surface area contributed by atoms with Crippen molar-refractivity contribution < 1.29 is 14.3 Å². The number of aryl methyl sites for hydroxylation is 4. The van der Waals surface area contributed by atoms with Gasteiger partial charge in [-0.15, -0.1) is 11.3 Å². The van der Waals surface area contributed by atoms with Gasteiger partial charge in [-0.25, -0.2) is 14.8 Å². The first kappa shape index (κ1) is 25.8. The number of hydrogen-bond donors (Lipinski definition) is 2. The Hall–Kier alpha value is -2.84. The van der Waals surface area contributed by atoms with Crippen molar-refractivity contribution in [3.63, 3.8) is 0 Å². The molecule has 0 atom stereocenters. The molecule has 0 bridgehead atoms. The highest BCUT2D eigenvalue weighted by molar-refractivity contribution is 7.11. The molecule has 0 saturated carbocycles. The van der Waals surface area contributed by atoms with Crippen LogP contribution in [0.25, 0.3) is 0 Å². The monoisotopic (exact) mass is 502 g/mol. The lowest BCUT2D eigenvalue weighted by atomic mass is 10.2. The second kappa shape index (κ2) is 12.0. The Morgan fingerprint density at radius 3 is 2.62 bits per heavy atom. The van der Waals surface area contributed by atoms with E-state index in [0.29, 0.717) is 23.1 Å². The van der Waals surface area contributed by atoms with Crippen LogP contribution in [0.15, 0.2) is 30.3 Å². The van der Waals surface area contributed by atoms with Gasteiger partial charge in [0.2, 0.25) is 0 Å². The SMILES string of the molecule is CCc1sc(CCc2cc(OC)cc(NCc3cc(Cl)cc(NC(=O)OC(C)C)c3)n2)nc1C. The van der Waals surface area contributed by atoms with E-state index in [1.54, 1.807) is 38.4 Å². The van der Waals surface area contributed by atoms with Crippen molar-refractivity contribution in [2.24, 2.45) is 0 Å². The second-order valence-electron chi connectivity index (χ2n) is 8.13. The summed E-state index contributed by atoms with van der Waals surface area (Å²) in [7, 11) is 1.64. The van der Waals surface area contributed by atoms with Gasteiger partial charge in [-0.3, -0.25) is 5.32 Å². The van der Waals surface area contributed by atoms with Gasteiger partial charge in [0, 0.05) is 46.4 Å². The van der Waals surface area contributed by atoms with E-state index < -0.39 is 6.09 Å². The molecule has 0 aliphatic carbocycles. The summed E-state index contributed by atoms with van der Waals surface area (Å²) in [4.78, 5) is 22.7. The number of methoxy groups -OCH3 is 1. The predicted octanol–water partition coefficient (Wildman–Crippen LogP) is 6.43. The van der Waals surface area contributed by atoms with E-state index in [1.807, 2.05) is 24.3 Å². The van der Waals surface area contributed by atoms with Crippen molar-refractivity contribution in [1.82, 2.24) is 9.97 Å². The largest absolute Gasteiger partial charge is 0.497 e. The number of aromatic nitrogens is 2. The summed E-state index contributed by atoms with van der Waals surface area (Å²) >= 11 is 8.03. The summed E-state index contributed by atoms with van der Waals surface area (Å²) in [5.74, 6) is 1.44. The minimum Gasteiger partial charge on any atom is -0.497 e. The van der Waals surface area contributed by atoms with E-state index in [-0.39, 0.29) is 6.10 Å². The summed E-state index contributed by atoms with van der Waals surface area (Å²) in [6.07, 6.45) is 1.89. The molecule has 0 unspecified atom stereocenters. The molecule has 182 valence electrons. The second-order valence-corrected chi connectivity index (χ2v) is 9.74. The standard InChI is InChI=1S/C25H31ClN4O3S/c1-6-22-16(4)28-24(34-22)8-7-19-12-21(32-5)13-23(29-19)27-14-17-9-18(26)11-20(10-17)30-25(31)33-15(2)3/h9-13,15H,6-8,14H2,1-5H3,(H,27,29)(H,30,31). The minimum atomic E-state index is -0.517. The third kappa shape index (κ3) is 7.60. The highest BCUT2D eigenvalue weighted by atomic mass is 35.5. The van der Waals surface area contributed by atoms with Crippen LogP contribution in [-0.4, -0.2) is 29.3 Å². The topological polar surface area (TPSA) is 85.4 Å². The zero-order valence-electron chi connectivity index (χ0n) is 20.2. The molecule has 0 fully saturated rings. The van der Waals surface area contributed by atoms with E-state index in [1.165, 1.54) is 4.88 Å². The number of carbonyl (C=O) groups excluding carboxylic acids is 1. The van der Waals surface area contributed by atoms with Gasteiger partial charge in [0.1, 0.15) is 11.6 Å². The van der Waals surface area contributed by atoms with E-state index in [4.69, 9.17) is 26.1 Å². The Morgan fingerprint density at radius 2 is 1.94 bits per heavy atom. The Labute approximate surface area is 209 Å². The average Bonchev–Trinajstić information content (AvgIpc) is 3.14. The maximum absolute atomic E-state index is 11.9. The molecule has 2 aromatic heterocycles. The number of carbonyl (C=O) groups is 1. The number of thiazole rings is 1. The zero-order chi connectivity index (χ0) is 24.7. The fourth-order valence-corrected chi connectivity index (χ4v) is 4.70. The number of ether oxygens (including phenoxy) is 2. The van der Waals surface area contributed by atoms with Gasteiger partial charge in [0.15, 0.2) is 0 Å². The summed E-state index contributed by atoms with van der Waals surface area (Å²) in [6.45, 7) is 8.28. The number of pyridine rings is 1. The van der Waals surface area contributed by atoms with Crippen LogP contribution in [0.3, 0.4) is 0 Å². The molecule has 0 radical (unpaired) electrons. The fourth-order valence-electron chi connectivity index (χ4n) is 3.43. The first-order chi connectivity index (χ1) is 16.2. The van der Waals surface area contributed by atoms with Crippen LogP contribution in [0, 0.1) is 6.92 Å².